The van der Waals surface area contributed by atoms with E-state index in [1.807, 2.05) is 6.92 Å². The Morgan fingerprint density at radius 2 is 2.00 bits per heavy atom. The number of aromatic nitrogens is 2. The SMILES string of the molecule is CC[C@H](C)[C@H](NC(=O)Cc1c(C)nc(=O)[nH]c1C)C(=O)O. The molecule has 1 rings (SSSR count). The van der Waals surface area contributed by atoms with Crippen LogP contribution in [0.15, 0.2) is 4.79 Å². The monoisotopic (exact) mass is 295 g/mol. The van der Waals surface area contributed by atoms with Crippen molar-refractivity contribution in [2.45, 2.75) is 46.6 Å². The highest BCUT2D eigenvalue weighted by atomic mass is 16.4. The summed E-state index contributed by atoms with van der Waals surface area (Å²) in [7, 11) is 0. The Morgan fingerprint density at radius 3 is 2.48 bits per heavy atom. The quantitative estimate of drug-likeness (QED) is 0.709. The molecular formula is C14H21N3O4. The van der Waals surface area contributed by atoms with Crippen molar-refractivity contribution in [2.75, 3.05) is 0 Å². The fourth-order valence-electron chi connectivity index (χ4n) is 2.08. The third-order valence-corrected chi connectivity index (χ3v) is 3.59. The maximum atomic E-state index is 12.0. The molecule has 0 aliphatic rings. The van der Waals surface area contributed by atoms with Crippen LogP contribution in [-0.2, 0) is 16.0 Å². The number of carbonyl (C=O) groups excluding carboxylic acids is 1. The van der Waals surface area contributed by atoms with Gasteiger partial charge in [0, 0.05) is 17.0 Å². The zero-order valence-corrected chi connectivity index (χ0v) is 12.7. The van der Waals surface area contributed by atoms with Crippen molar-refractivity contribution < 1.29 is 14.7 Å². The summed E-state index contributed by atoms with van der Waals surface area (Å²) < 4.78 is 0. The smallest absolute Gasteiger partial charge is 0.345 e. The minimum absolute atomic E-state index is 0.0122. The van der Waals surface area contributed by atoms with E-state index < -0.39 is 23.6 Å². The first-order valence-electron chi connectivity index (χ1n) is 6.84. The Balaban J connectivity index is 2.87. The average Bonchev–Trinajstić information content (AvgIpc) is 2.39. The lowest BCUT2D eigenvalue weighted by Crippen LogP contribution is -2.45. The maximum absolute atomic E-state index is 12.0. The van der Waals surface area contributed by atoms with Crippen LogP contribution in [0.25, 0.3) is 0 Å². The Kier molecular flexibility index (Phi) is 5.63. The van der Waals surface area contributed by atoms with Crippen molar-refractivity contribution in [1.29, 1.82) is 0 Å². The van der Waals surface area contributed by atoms with Gasteiger partial charge in [0.1, 0.15) is 6.04 Å². The van der Waals surface area contributed by atoms with E-state index in [0.717, 1.165) is 0 Å². The van der Waals surface area contributed by atoms with Crippen molar-refractivity contribution in [2.24, 2.45) is 5.92 Å². The Labute approximate surface area is 122 Å². The second-order valence-corrected chi connectivity index (χ2v) is 5.18. The Bertz CT molecular complexity index is 568. The molecule has 0 saturated carbocycles. The molecule has 7 nitrogen and oxygen atoms in total. The van der Waals surface area contributed by atoms with Crippen molar-refractivity contribution in [1.82, 2.24) is 15.3 Å². The molecule has 3 N–H and O–H groups in total. The predicted molar refractivity (Wildman–Crippen MR) is 77.1 cm³/mol. The second-order valence-electron chi connectivity index (χ2n) is 5.18. The molecule has 0 aromatic carbocycles. The lowest BCUT2D eigenvalue weighted by Gasteiger charge is -2.20. The van der Waals surface area contributed by atoms with E-state index in [2.05, 4.69) is 15.3 Å². The van der Waals surface area contributed by atoms with Gasteiger partial charge in [0.05, 0.1) is 6.42 Å². The van der Waals surface area contributed by atoms with Gasteiger partial charge in [0.2, 0.25) is 5.91 Å². The van der Waals surface area contributed by atoms with E-state index in [9.17, 15) is 14.4 Å². The van der Waals surface area contributed by atoms with E-state index in [4.69, 9.17) is 5.11 Å². The van der Waals surface area contributed by atoms with Crippen LogP contribution in [0.3, 0.4) is 0 Å². The fraction of sp³-hybridized carbons (Fsp3) is 0.571. The summed E-state index contributed by atoms with van der Waals surface area (Å²) in [6.45, 7) is 6.97. The van der Waals surface area contributed by atoms with Crippen molar-refractivity contribution >= 4 is 11.9 Å². The van der Waals surface area contributed by atoms with Crippen LogP contribution in [0, 0.1) is 19.8 Å². The van der Waals surface area contributed by atoms with E-state index in [-0.39, 0.29) is 12.3 Å². The van der Waals surface area contributed by atoms with Gasteiger partial charge in [-0.05, 0) is 19.8 Å². The summed E-state index contributed by atoms with van der Waals surface area (Å²) in [4.78, 5) is 40.7. The Morgan fingerprint density at radius 1 is 1.38 bits per heavy atom. The molecule has 2 atom stereocenters. The molecule has 1 heterocycles. The van der Waals surface area contributed by atoms with Crippen LogP contribution in [0.1, 0.15) is 37.2 Å². The highest BCUT2D eigenvalue weighted by Crippen LogP contribution is 2.10. The van der Waals surface area contributed by atoms with Gasteiger partial charge in [0.25, 0.3) is 0 Å². The number of aryl methyl sites for hydroxylation is 2. The van der Waals surface area contributed by atoms with Crippen LogP contribution < -0.4 is 11.0 Å². The minimum atomic E-state index is -1.05. The van der Waals surface area contributed by atoms with Crippen LogP contribution in [-0.4, -0.2) is 33.0 Å². The number of hydrogen-bond donors (Lipinski definition) is 3. The second kappa shape index (κ2) is 7.01. The number of H-pyrrole nitrogens is 1. The van der Waals surface area contributed by atoms with Crippen molar-refractivity contribution in [3.8, 4) is 0 Å². The lowest BCUT2D eigenvalue weighted by atomic mass is 9.98. The van der Waals surface area contributed by atoms with Gasteiger partial charge >= 0.3 is 11.7 Å². The molecule has 0 spiro atoms. The normalized spacial score (nSPS) is 13.5. The summed E-state index contributed by atoms with van der Waals surface area (Å²) in [6, 6.07) is -0.918. The molecule has 0 unspecified atom stereocenters. The number of carbonyl (C=O) groups is 2. The summed E-state index contributed by atoms with van der Waals surface area (Å²) in [6.07, 6.45) is 0.636. The van der Waals surface area contributed by atoms with Crippen LogP contribution in [0.4, 0.5) is 0 Å². The number of aliphatic carboxylic acids is 1. The molecule has 0 bridgehead atoms. The number of carboxylic acids is 1. The van der Waals surface area contributed by atoms with Gasteiger partial charge < -0.3 is 15.4 Å². The van der Waals surface area contributed by atoms with Gasteiger partial charge in [-0.1, -0.05) is 20.3 Å². The molecule has 1 aromatic rings. The average molecular weight is 295 g/mol. The van der Waals surface area contributed by atoms with Crippen LogP contribution in [0.5, 0.6) is 0 Å². The third-order valence-electron chi connectivity index (χ3n) is 3.59. The first kappa shape index (κ1) is 16.9. The largest absolute Gasteiger partial charge is 0.480 e. The zero-order valence-electron chi connectivity index (χ0n) is 12.7. The fourth-order valence-corrected chi connectivity index (χ4v) is 2.08. The number of aromatic amines is 1. The highest BCUT2D eigenvalue weighted by Gasteiger charge is 2.25. The summed E-state index contributed by atoms with van der Waals surface area (Å²) in [5.74, 6) is -1.61. The van der Waals surface area contributed by atoms with E-state index in [0.29, 0.717) is 23.4 Å². The third kappa shape index (κ3) is 4.40. The van der Waals surface area contributed by atoms with Crippen molar-refractivity contribution in [3.63, 3.8) is 0 Å². The van der Waals surface area contributed by atoms with Crippen LogP contribution in [0.2, 0.25) is 0 Å². The molecule has 0 aliphatic carbocycles. The molecular weight excluding hydrogens is 274 g/mol. The molecule has 0 fully saturated rings. The Hall–Kier alpha value is -2.18. The minimum Gasteiger partial charge on any atom is -0.480 e. The number of nitrogens with zero attached hydrogens (tertiary/aromatic N) is 1. The molecule has 116 valence electrons. The number of amides is 1. The van der Waals surface area contributed by atoms with Gasteiger partial charge in [0.15, 0.2) is 0 Å². The molecule has 0 aliphatic heterocycles. The predicted octanol–water partition coefficient (Wildman–Crippen LogP) is 0.545. The number of nitrogens with one attached hydrogen (secondary N) is 2. The maximum Gasteiger partial charge on any atom is 0.345 e. The standard InChI is InChI=1S/C14H21N3O4/c1-5-7(2)12(13(19)20)17-11(18)6-10-8(3)15-14(21)16-9(10)4/h7,12H,5-6H2,1-4H3,(H,17,18)(H,19,20)(H,15,16,21)/t7-,12-/m0/s1. The molecule has 7 heteroatoms. The number of carboxylic acid groups (broad SMARTS) is 1. The topological polar surface area (TPSA) is 112 Å². The molecule has 0 saturated heterocycles. The van der Waals surface area contributed by atoms with Crippen molar-refractivity contribution in [3.05, 3.63) is 27.4 Å². The summed E-state index contributed by atoms with van der Waals surface area (Å²) in [5, 5.41) is 11.7. The zero-order chi connectivity index (χ0) is 16.2. The first-order chi connectivity index (χ1) is 9.76. The van der Waals surface area contributed by atoms with Gasteiger partial charge in [-0.2, -0.15) is 4.98 Å². The molecule has 1 amide bonds. The van der Waals surface area contributed by atoms with Gasteiger partial charge in [-0.3, -0.25) is 4.79 Å². The van der Waals surface area contributed by atoms with E-state index in [1.54, 1.807) is 20.8 Å². The van der Waals surface area contributed by atoms with Crippen LogP contribution >= 0.6 is 0 Å². The van der Waals surface area contributed by atoms with Gasteiger partial charge in [-0.25, -0.2) is 9.59 Å². The summed E-state index contributed by atoms with van der Waals surface area (Å²) in [5.41, 5.74) is 1.19. The van der Waals surface area contributed by atoms with Gasteiger partial charge in [-0.15, -0.1) is 0 Å². The molecule has 1 aromatic heterocycles. The first-order valence-corrected chi connectivity index (χ1v) is 6.84. The number of rotatable bonds is 6. The molecule has 0 radical (unpaired) electrons. The van der Waals surface area contributed by atoms with E-state index >= 15 is 0 Å². The number of hydrogen-bond acceptors (Lipinski definition) is 4. The highest BCUT2D eigenvalue weighted by molar-refractivity contribution is 5.85. The summed E-state index contributed by atoms with van der Waals surface area (Å²) >= 11 is 0. The molecule has 21 heavy (non-hydrogen) atoms. The van der Waals surface area contributed by atoms with E-state index in [1.165, 1.54) is 0 Å². The lowest BCUT2D eigenvalue weighted by molar-refractivity contribution is -0.143.